The Morgan fingerprint density at radius 3 is 2.06 bits per heavy atom. The fourth-order valence-electron chi connectivity index (χ4n) is 2.57. The number of unbranched alkanes of at least 4 members (excludes halogenated alkanes) is 1. The minimum absolute atomic E-state index is 0.436. The highest BCUT2D eigenvalue weighted by atomic mass is 16.1. The van der Waals surface area contributed by atoms with E-state index in [2.05, 4.69) is 20.8 Å². The van der Waals surface area contributed by atoms with Crippen molar-refractivity contribution in [1.29, 1.82) is 0 Å². The Kier molecular flexibility index (Phi) is 8.60. The van der Waals surface area contributed by atoms with E-state index < -0.39 is 0 Å². The van der Waals surface area contributed by atoms with Crippen molar-refractivity contribution in [2.45, 2.75) is 85.5 Å². The van der Waals surface area contributed by atoms with E-state index in [1.165, 1.54) is 38.5 Å². The van der Waals surface area contributed by atoms with Crippen LogP contribution in [0.1, 0.15) is 85.5 Å². The topological polar surface area (TPSA) is 17.1 Å². The van der Waals surface area contributed by atoms with Gasteiger partial charge in [0.25, 0.3) is 0 Å². The van der Waals surface area contributed by atoms with Crippen molar-refractivity contribution in [3.63, 3.8) is 0 Å². The van der Waals surface area contributed by atoms with Gasteiger partial charge in [-0.3, -0.25) is 4.79 Å². The van der Waals surface area contributed by atoms with Gasteiger partial charge in [-0.15, -0.1) is 0 Å². The third-order valence-electron chi connectivity index (χ3n) is 3.92. The molecule has 1 atom stereocenters. The molecule has 0 aliphatic heterocycles. The number of ketones is 1. The number of hydrogen-bond acceptors (Lipinski definition) is 1. The smallest absolute Gasteiger partial charge is 0.132 e. The molecule has 0 aliphatic rings. The van der Waals surface area contributed by atoms with Crippen molar-refractivity contribution >= 4 is 5.78 Å². The van der Waals surface area contributed by atoms with Crippen LogP contribution >= 0.6 is 0 Å². The zero-order valence-corrected chi connectivity index (χ0v) is 11.8. The van der Waals surface area contributed by atoms with E-state index in [1.807, 2.05) is 6.92 Å². The zero-order valence-electron chi connectivity index (χ0n) is 11.8. The predicted molar refractivity (Wildman–Crippen MR) is 71.7 cm³/mol. The SMILES string of the molecule is CCCCC(CC)(CCC)CCC(=O)CC. The van der Waals surface area contributed by atoms with Gasteiger partial charge in [-0.1, -0.05) is 53.4 Å². The highest BCUT2D eigenvalue weighted by Gasteiger charge is 2.26. The molecule has 1 nitrogen and oxygen atoms in total. The summed E-state index contributed by atoms with van der Waals surface area (Å²) >= 11 is 0. The first-order valence-electron chi connectivity index (χ1n) is 7.15. The molecule has 0 fully saturated rings. The molecule has 0 radical (unpaired) electrons. The van der Waals surface area contributed by atoms with Crippen molar-refractivity contribution in [2.75, 3.05) is 0 Å². The molecule has 0 saturated carbocycles. The first kappa shape index (κ1) is 15.7. The summed E-state index contributed by atoms with van der Waals surface area (Å²) in [4.78, 5) is 11.5. The van der Waals surface area contributed by atoms with E-state index in [0.717, 1.165) is 12.8 Å². The Morgan fingerprint density at radius 2 is 1.62 bits per heavy atom. The van der Waals surface area contributed by atoms with Crippen LogP contribution in [0.15, 0.2) is 0 Å². The molecule has 0 heterocycles. The summed E-state index contributed by atoms with van der Waals surface area (Å²) in [6.45, 7) is 8.78. The summed E-state index contributed by atoms with van der Waals surface area (Å²) in [7, 11) is 0. The highest BCUT2D eigenvalue weighted by molar-refractivity contribution is 5.77. The van der Waals surface area contributed by atoms with Crippen molar-refractivity contribution in [1.82, 2.24) is 0 Å². The molecule has 1 unspecified atom stereocenters. The minimum atomic E-state index is 0.436. The summed E-state index contributed by atoms with van der Waals surface area (Å²) in [5.41, 5.74) is 0.454. The zero-order chi connectivity index (χ0) is 12.4. The summed E-state index contributed by atoms with van der Waals surface area (Å²) in [5.74, 6) is 0.436. The van der Waals surface area contributed by atoms with Crippen LogP contribution in [-0.2, 0) is 4.79 Å². The van der Waals surface area contributed by atoms with E-state index in [1.54, 1.807) is 0 Å². The molecule has 0 spiro atoms. The number of carbonyl (C=O) groups excluding carboxylic acids is 1. The molecule has 0 aliphatic carbocycles. The van der Waals surface area contributed by atoms with Crippen molar-refractivity contribution in [3.05, 3.63) is 0 Å². The molecule has 1 heteroatoms. The van der Waals surface area contributed by atoms with Crippen LogP contribution in [0.2, 0.25) is 0 Å². The molecule has 0 amide bonds. The molecule has 96 valence electrons. The van der Waals surface area contributed by atoms with E-state index in [4.69, 9.17) is 0 Å². The lowest BCUT2D eigenvalue weighted by molar-refractivity contribution is -0.119. The molecular formula is C15H30O. The third-order valence-corrected chi connectivity index (χ3v) is 3.92. The van der Waals surface area contributed by atoms with Crippen molar-refractivity contribution in [2.24, 2.45) is 5.41 Å². The molecule has 16 heavy (non-hydrogen) atoms. The highest BCUT2D eigenvalue weighted by Crippen LogP contribution is 2.38. The average molecular weight is 226 g/mol. The van der Waals surface area contributed by atoms with Gasteiger partial charge < -0.3 is 0 Å². The standard InChI is InChI=1S/C15H30O/c1-5-9-12-15(8-4,11-6-2)13-10-14(16)7-3/h5-13H2,1-4H3. The van der Waals surface area contributed by atoms with Crippen LogP contribution in [0.4, 0.5) is 0 Å². The second-order valence-electron chi connectivity index (χ2n) is 5.10. The molecule has 0 aromatic carbocycles. The van der Waals surface area contributed by atoms with E-state index in [9.17, 15) is 4.79 Å². The predicted octanol–water partition coefficient (Wildman–Crippen LogP) is 5.13. The first-order valence-corrected chi connectivity index (χ1v) is 7.15. The second-order valence-corrected chi connectivity index (χ2v) is 5.10. The van der Waals surface area contributed by atoms with Gasteiger partial charge in [0.15, 0.2) is 0 Å². The van der Waals surface area contributed by atoms with Crippen LogP contribution in [0, 0.1) is 5.41 Å². The van der Waals surface area contributed by atoms with Gasteiger partial charge in [-0.2, -0.15) is 0 Å². The molecule has 0 aromatic heterocycles. The number of rotatable bonds is 10. The van der Waals surface area contributed by atoms with Crippen LogP contribution in [0.5, 0.6) is 0 Å². The van der Waals surface area contributed by atoms with Gasteiger partial charge in [0.2, 0.25) is 0 Å². The maximum absolute atomic E-state index is 11.5. The summed E-state index contributed by atoms with van der Waals surface area (Å²) in [6, 6.07) is 0. The second kappa shape index (κ2) is 8.78. The van der Waals surface area contributed by atoms with Gasteiger partial charge in [0, 0.05) is 12.8 Å². The molecule has 0 aromatic rings. The molecule has 0 saturated heterocycles. The van der Waals surface area contributed by atoms with E-state index in [-0.39, 0.29) is 0 Å². The lowest BCUT2D eigenvalue weighted by atomic mass is 9.73. The first-order chi connectivity index (χ1) is 7.64. The Balaban J connectivity index is 4.30. The lowest BCUT2D eigenvalue weighted by Gasteiger charge is -2.32. The molecule has 0 bridgehead atoms. The fourth-order valence-corrected chi connectivity index (χ4v) is 2.57. The van der Waals surface area contributed by atoms with Crippen molar-refractivity contribution in [3.8, 4) is 0 Å². The fraction of sp³-hybridized carbons (Fsp3) is 0.933. The average Bonchev–Trinajstić information content (AvgIpc) is 2.32. The summed E-state index contributed by atoms with van der Waals surface area (Å²) in [5, 5.41) is 0. The largest absolute Gasteiger partial charge is 0.300 e. The monoisotopic (exact) mass is 226 g/mol. The molecular weight excluding hydrogens is 196 g/mol. The number of hydrogen-bond donors (Lipinski definition) is 0. The Bertz CT molecular complexity index is 186. The quantitative estimate of drug-likeness (QED) is 0.504. The Labute approximate surface area is 102 Å². The van der Waals surface area contributed by atoms with Crippen LogP contribution in [0.3, 0.4) is 0 Å². The van der Waals surface area contributed by atoms with Gasteiger partial charge in [-0.25, -0.2) is 0 Å². The maximum Gasteiger partial charge on any atom is 0.132 e. The normalized spacial score (nSPS) is 14.8. The van der Waals surface area contributed by atoms with E-state index >= 15 is 0 Å². The number of carbonyl (C=O) groups is 1. The lowest BCUT2D eigenvalue weighted by Crippen LogP contribution is -2.21. The minimum Gasteiger partial charge on any atom is -0.300 e. The Hall–Kier alpha value is -0.330. The summed E-state index contributed by atoms with van der Waals surface area (Å²) in [6.07, 6.45) is 10.3. The molecule has 0 rings (SSSR count). The molecule has 0 N–H and O–H groups in total. The van der Waals surface area contributed by atoms with Gasteiger partial charge in [-0.05, 0) is 24.7 Å². The Morgan fingerprint density at radius 1 is 0.938 bits per heavy atom. The van der Waals surface area contributed by atoms with Gasteiger partial charge >= 0.3 is 0 Å². The number of Topliss-reactive ketones (excluding diaryl/α,β-unsaturated/α-hetero) is 1. The van der Waals surface area contributed by atoms with Crippen LogP contribution in [-0.4, -0.2) is 5.78 Å². The van der Waals surface area contributed by atoms with E-state index in [0.29, 0.717) is 17.6 Å². The van der Waals surface area contributed by atoms with Crippen LogP contribution in [0.25, 0.3) is 0 Å². The van der Waals surface area contributed by atoms with Gasteiger partial charge in [0.05, 0.1) is 0 Å². The van der Waals surface area contributed by atoms with Crippen LogP contribution < -0.4 is 0 Å². The van der Waals surface area contributed by atoms with Gasteiger partial charge in [0.1, 0.15) is 5.78 Å². The maximum atomic E-state index is 11.5. The summed E-state index contributed by atoms with van der Waals surface area (Å²) < 4.78 is 0. The van der Waals surface area contributed by atoms with Crippen molar-refractivity contribution < 1.29 is 4.79 Å². The third kappa shape index (κ3) is 5.67.